The highest BCUT2D eigenvalue weighted by atomic mass is 16.2. The van der Waals surface area contributed by atoms with Gasteiger partial charge in [0, 0.05) is 32.2 Å². The van der Waals surface area contributed by atoms with Crippen molar-refractivity contribution in [2.75, 3.05) is 32.7 Å². The molecule has 1 amide bonds. The van der Waals surface area contributed by atoms with Crippen molar-refractivity contribution in [1.29, 1.82) is 0 Å². The molecule has 2 fully saturated rings. The SMILES string of the molecule is O=C1CNCCN1CC1CN1. The maximum atomic E-state index is 11.2. The smallest absolute Gasteiger partial charge is 0.236 e. The second-order valence-electron chi connectivity index (χ2n) is 3.12. The summed E-state index contributed by atoms with van der Waals surface area (Å²) < 4.78 is 0. The molecule has 2 aliphatic rings. The molecule has 2 N–H and O–H groups in total. The molecule has 0 aromatic carbocycles. The van der Waals surface area contributed by atoms with Gasteiger partial charge >= 0.3 is 0 Å². The maximum absolute atomic E-state index is 11.2. The number of hydrogen-bond donors (Lipinski definition) is 2. The predicted octanol–water partition coefficient (Wildman–Crippen LogP) is -1.61. The summed E-state index contributed by atoms with van der Waals surface area (Å²) in [6, 6.07) is 0.581. The van der Waals surface area contributed by atoms with Crippen LogP contribution < -0.4 is 10.6 Å². The van der Waals surface area contributed by atoms with Crippen LogP contribution in [0.25, 0.3) is 0 Å². The second-order valence-corrected chi connectivity index (χ2v) is 3.12. The summed E-state index contributed by atoms with van der Waals surface area (Å²) in [5.41, 5.74) is 0. The third-order valence-corrected chi connectivity index (χ3v) is 2.12. The van der Waals surface area contributed by atoms with E-state index in [4.69, 9.17) is 0 Å². The minimum Gasteiger partial charge on any atom is -0.339 e. The number of nitrogens with zero attached hydrogens (tertiary/aromatic N) is 1. The fourth-order valence-electron chi connectivity index (χ4n) is 1.32. The van der Waals surface area contributed by atoms with E-state index in [1.165, 1.54) is 0 Å². The molecule has 0 bridgehead atoms. The Labute approximate surface area is 65.9 Å². The van der Waals surface area contributed by atoms with Gasteiger partial charge in [-0.3, -0.25) is 4.79 Å². The van der Waals surface area contributed by atoms with Crippen LogP contribution in [0.15, 0.2) is 0 Å². The highest BCUT2D eigenvalue weighted by molar-refractivity contribution is 5.79. The summed E-state index contributed by atoms with van der Waals surface area (Å²) >= 11 is 0. The fourth-order valence-corrected chi connectivity index (χ4v) is 1.32. The molecule has 0 radical (unpaired) electrons. The number of amides is 1. The first-order valence-corrected chi connectivity index (χ1v) is 4.08. The Hall–Kier alpha value is -0.610. The topological polar surface area (TPSA) is 54.3 Å². The third-order valence-electron chi connectivity index (χ3n) is 2.12. The molecule has 1 atom stereocenters. The molecule has 0 aromatic rings. The molecule has 0 spiro atoms. The summed E-state index contributed by atoms with van der Waals surface area (Å²) in [6.45, 7) is 4.32. The third kappa shape index (κ3) is 1.70. The fraction of sp³-hybridized carbons (Fsp3) is 0.857. The lowest BCUT2D eigenvalue weighted by molar-refractivity contribution is -0.131. The summed E-state index contributed by atoms with van der Waals surface area (Å²) in [5, 5.41) is 6.23. The van der Waals surface area contributed by atoms with Gasteiger partial charge in [0.1, 0.15) is 0 Å². The summed E-state index contributed by atoms with van der Waals surface area (Å²) in [7, 11) is 0. The summed E-state index contributed by atoms with van der Waals surface area (Å²) in [5.74, 6) is 0.241. The van der Waals surface area contributed by atoms with E-state index in [-0.39, 0.29) is 5.91 Å². The minimum absolute atomic E-state index is 0.241. The average Bonchev–Trinajstić information content (AvgIpc) is 2.78. The van der Waals surface area contributed by atoms with E-state index < -0.39 is 0 Å². The van der Waals surface area contributed by atoms with Crippen LogP contribution >= 0.6 is 0 Å². The molecule has 4 heteroatoms. The second kappa shape index (κ2) is 2.79. The van der Waals surface area contributed by atoms with Crippen molar-refractivity contribution in [3.63, 3.8) is 0 Å². The van der Waals surface area contributed by atoms with E-state index in [1.54, 1.807) is 0 Å². The first-order valence-electron chi connectivity index (χ1n) is 4.08. The predicted molar refractivity (Wildman–Crippen MR) is 41.2 cm³/mol. The van der Waals surface area contributed by atoms with Crippen LogP contribution in [0.2, 0.25) is 0 Å². The number of carbonyl (C=O) groups is 1. The molecule has 2 heterocycles. The van der Waals surface area contributed by atoms with Crippen molar-refractivity contribution < 1.29 is 4.79 Å². The highest BCUT2D eigenvalue weighted by Gasteiger charge is 2.26. The Kier molecular flexibility index (Phi) is 1.79. The standard InChI is InChI=1S/C7H13N3O/c11-7-4-8-1-2-10(7)5-6-3-9-6/h6,8-9H,1-5H2. The first-order chi connectivity index (χ1) is 5.36. The van der Waals surface area contributed by atoms with Crippen molar-refractivity contribution in [3.05, 3.63) is 0 Å². The number of rotatable bonds is 2. The van der Waals surface area contributed by atoms with Crippen LogP contribution in [0.5, 0.6) is 0 Å². The minimum atomic E-state index is 0.241. The van der Waals surface area contributed by atoms with Gasteiger partial charge in [0.05, 0.1) is 6.54 Å². The molecular formula is C7H13N3O. The highest BCUT2D eigenvalue weighted by Crippen LogP contribution is 2.02. The number of hydrogen-bond acceptors (Lipinski definition) is 3. The zero-order chi connectivity index (χ0) is 7.68. The van der Waals surface area contributed by atoms with Gasteiger partial charge in [-0.15, -0.1) is 0 Å². The van der Waals surface area contributed by atoms with Gasteiger partial charge in [-0.05, 0) is 0 Å². The summed E-state index contributed by atoms with van der Waals surface area (Å²) in [6.07, 6.45) is 0. The molecule has 1 unspecified atom stereocenters. The Morgan fingerprint density at radius 2 is 2.45 bits per heavy atom. The molecule has 0 saturated carbocycles. The number of nitrogens with one attached hydrogen (secondary N) is 2. The molecule has 2 saturated heterocycles. The summed E-state index contributed by atoms with van der Waals surface area (Å²) in [4.78, 5) is 13.1. The van der Waals surface area contributed by atoms with Gasteiger partial charge in [0.15, 0.2) is 0 Å². The van der Waals surface area contributed by atoms with Gasteiger partial charge < -0.3 is 15.5 Å². The molecule has 62 valence electrons. The molecule has 2 aliphatic heterocycles. The van der Waals surface area contributed by atoms with Gasteiger partial charge in [-0.2, -0.15) is 0 Å². The average molecular weight is 155 g/mol. The van der Waals surface area contributed by atoms with Gasteiger partial charge in [-0.1, -0.05) is 0 Å². The van der Waals surface area contributed by atoms with Crippen molar-refractivity contribution in [3.8, 4) is 0 Å². The van der Waals surface area contributed by atoms with Crippen molar-refractivity contribution >= 4 is 5.91 Å². The molecule has 11 heavy (non-hydrogen) atoms. The lowest BCUT2D eigenvalue weighted by Gasteiger charge is -2.26. The monoisotopic (exact) mass is 155 g/mol. The van der Waals surface area contributed by atoms with Crippen LogP contribution in [-0.4, -0.2) is 49.6 Å². The zero-order valence-corrected chi connectivity index (χ0v) is 6.47. The zero-order valence-electron chi connectivity index (χ0n) is 6.47. The van der Waals surface area contributed by atoms with E-state index in [2.05, 4.69) is 10.6 Å². The van der Waals surface area contributed by atoms with Crippen molar-refractivity contribution in [2.24, 2.45) is 0 Å². The van der Waals surface area contributed by atoms with E-state index in [0.29, 0.717) is 12.6 Å². The Bertz CT molecular complexity index is 167. The van der Waals surface area contributed by atoms with E-state index >= 15 is 0 Å². The number of carbonyl (C=O) groups excluding carboxylic acids is 1. The molecular weight excluding hydrogens is 142 g/mol. The van der Waals surface area contributed by atoms with Crippen molar-refractivity contribution in [1.82, 2.24) is 15.5 Å². The quantitative estimate of drug-likeness (QED) is 0.472. The van der Waals surface area contributed by atoms with Crippen LogP contribution in [0.4, 0.5) is 0 Å². The van der Waals surface area contributed by atoms with Crippen LogP contribution in [0.3, 0.4) is 0 Å². The normalized spacial score (nSPS) is 30.7. The largest absolute Gasteiger partial charge is 0.339 e. The molecule has 2 rings (SSSR count). The maximum Gasteiger partial charge on any atom is 0.236 e. The Balaban J connectivity index is 1.83. The van der Waals surface area contributed by atoms with Crippen LogP contribution in [0, 0.1) is 0 Å². The Morgan fingerprint density at radius 1 is 1.64 bits per heavy atom. The van der Waals surface area contributed by atoms with Crippen LogP contribution in [0.1, 0.15) is 0 Å². The number of piperazine rings is 1. The van der Waals surface area contributed by atoms with Crippen molar-refractivity contribution in [2.45, 2.75) is 6.04 Å². The van der Waals surface area contributed by atoms with Gasteiger partial charge in [0.25, 0.3) is 0 Å². The van der Waals surface area contributed by atoms with E-state index in [9.17, 15) is 4.79 Å². The lowest BCUT2D eigenvalue weighted by Crippen LogP contribution is -2.49. The molecule has 0 aliphatic carbocycles. The van der Waals surface area contributed by atoms with E-state index in [1.807, 2.05) is 4.90 Å². The molecule has 0 aromatic heterocycles. The Morgan fingerprint density at radius 3 is 3.09 bits per heavy atom. The van der Waals surface area contributed by atoms with Gasteiger partial charge in [-0.25, -0.2) is 0 Å². The van der Waals surface area contributed by atoms with Gasteiger partial charge in [0.2, 0.25) is 5.91 Å². The first kappa shape index (κ1) is 7.06. The van der Waals surface area contributed by atoms with Crippen LogP contribution in [-0.2, 0) is 4.79 Å². The van der Waals surface area contributed by atoms with E-state index in [0.717, 1.165) is 26.2 Å². The lowest BCUT2D eigenvalue weighted by atomic mass is 10.3. The molecule has 4 nitrogen and oxygen atoms in total.